The van der Waals surface area contributed by atoms with E-state index in [4.69, 9.17) is 11.1 Å². The zero-order valence-electron chi connectivity index (χ0n) is 15.0. The minimum atomic E-state index is -0.791. The second kappa shape index (κ2) is 18.6. The maximum atomic E-state index is 6.08. The molecule has 0 N–H and O–H groups in total. The lowest BCUT2D eigenvalue weighted by Crippen LogP contribution is -1.94. The van der Waals surface area contributed by atoms with Crippen LogP contribution in [0.15, 0.2) is 0 Å². The molecule has 0 heterocycles. The summed E-state index contributed by atoms with van der Waals surface area (Å²) < 4.78 is 0. The van der Waals surface area contributed by atoms with E-state index in [0.29, 0.717) is 0 Å². The van der Waals surface area contributed by atoms with Crippen molar-refractivity contribution in [2.24, 2.45) is 0 Å². The number of unbranched alkanes of at least 4 members (excludes halogenated alkanes) is 15. The van der Waals surface area contributed by atoms with Gasteiger partial charge in [-0.05, 0) is 6.04 Å². The SMILES string of the molecule is CCCCCCCCCCCCCCCCCC[SiH](C)Cl. The molecule has 21 heavy (non-hydrogen) atoms. The zero-order valence-corrected chi connectivity index (χ0v) is 16.9. The average molecular weight is 333 g/mol. The monoisotopic (exact) mass is 332 g/mol. The molecule has 1 atom stereocenters. The molecule has 0 aromatic carbocycles. The van der Waals surface area contributed by atoms with E-state index in [-0.39, 0.29) is 0 Å². The lowest BCUT2D eigenvalue weighted by molar-refractivity contribution is 0.531. The van der Waals surface area contributed by atoms with Crippen LogP contribution in [0.1, 0.15) is 110 Å². The second-order valence-corrected chi connectivity index (χ2v) is 11.2. The van der Waals surface area contributed by atoms with E-state index >= 15 is 0 Å². The Morgan fingerprint density at radius 3 is 1.10 bits per heavy atom. The van der Waals surface area contributed by atoms with Crippen LogP contribution < -0.4 is 0 Å². The van der Waals surface area contributed by atoms with Crippen LogP contribution in [0.4, 0.5) is 0 Å². The first-order valence-electron chi connectivity index (χ1n) is 9.91. The topological polar surface area (TPSA) is 0 Å². The van der Waals surface area contributed by atoms with Crippen molar-refractivity contribution in [2.75, 3.05) is 0 Å². The van der Waals surface area contributed by atoms with Gasteiger partial charge in [-0.1, -0.05) is 116 Å². The van der Waals surface area contributed by atoms with E-state index in [2.05, 4.69) is 13.5 Å². The van der Waals surface area contributed by atoms with Crippen LogP contribution in [0.25, 0.3) is 0 Å². The van der Waals surface area contributed by atoms with Gasteiger partial charge in [0.2, 0.25) is 0 Å². The minimum absolute atomic E-state index is 0.791. The quantitative estimate of drug-likeness (QED) is 0.144. The Morgan fingerprint density at radius 1 is 0.524 bits per heavy atom. The molecule has 0 spiro atoms. The van der Waals surface area contributed by atoms with Crippen molar-refractivity contribution < 1.29 is 0 Å². The van der Waals surface area contributed by atoms with Gasteiger partial charge in [-0.15, -0.1) is 0 Å². The van der Waals surface area contributed by atoms with Gasteiger partial charge in [-0.25, -0.2) is 0 Å². The molecule has 0 aliphatic carbocycles. The van der Waals surface area contributed by atoms with Crippen molar-refractivity contribution in [3.63, 3.8) is 0 Å². The van der Waals surface area contributed by atoms with Crippen LogP contribution >= 0.6 is 11.1 Å². The average Bonchev–Trinajstić information content (AvgIpc) is 2.46. The molecule has 0 aliphatic heterocycles. The highest BCUT2D eigenvalue weighted by Crippen LogP contribution is 2.14. The van der Waals surface area contributed by atoms with E-state index in [1.54, 1.807) is 0 Å². The molecular formula is C19H41ClSi. The van der Waals surface area contributed by atoms with Gasteiger partial charge in [0, 0.05) is 0 Å². The molecule has 0 radical (unpaired) electrons. The molecule has 0 amide bonds. The van der Waals surface area contributed by atoms with Gasteiger partial charge in [-0.3, -0.25) is 0 Å². The molecule has 0 aromatic heterocycles. The highest BCUT2D eigenvalue weighted by Gasteiger charge is 1.98. The Kier molecular flexibility index (Phi) is 19.0. The molecule has 0 nitrogen and oxygen atoms in total. The third-order valence-corrected chi connectivity index (χ3v) is 6.31. The summed E-state index contributed by atoms with van der Waals surface area (Å²) in [5, 5.41) is 0. The molecule has 0 saturated carbocycles. The van der Waals surface area contributed by atoms with Crippen molar-refractivity contribution in [3.8, 4) is 0 Å². The molecule has 128 valence electrons. The number of hydrogen-bond donors (Lipinski definition) is 0. The third kappa shape index (κ3) is 20.5. The summed E-state index contributed by atoms with van der Waals surface area (Å²) in [5.74, 6) is 0. The van der Waals surface area contributed by atoms with Gasteiger partial charge >= 0.3 is 0 Å². The predicted octanol–water partition coefficient (Wildman–Crippen LogP) is 7.84. The minimum Gasteiger partial charge on any atom is -0.172 e. The third-order valence-electron chi connectivity index (χ3n) is 4.46. The molecule has 0 aromatic rings. The summed E-state index contributed by atoms with van der Waals surface area (Å²) in [4.78, 5) is 0. The Bertz CT molecular complexity index is 182. The zero-order chi connectivity index (χ0) is 15.6. The molecule has 0 bridgehead atoms. The smallest absolute Gasteiger partial charge is 0.138 e. The van der Waals surface area contributed by atoms with Crippen molar-refractivity contribution in [2.45, 2.75) is 122 Å². The molecule has 0 rings (SSSR count). The van der Waals surface area contributed by atoms with E-state index in [1.165, 1.54) is 109 Å². The van der Waals surface area contributed by atoms with Gasteiger partial charge in [0.25, 0.3) is 0 Å². The van der Waals surface area contributed by atoms with E-state index in [9.17, 15) is 0 Å². The Balaban J connectivity index is 2.93. The van der Waals surface area contributed by atoms with Gasteiger partial charge in [0.05, 0.1) is 0 Å². The van der Waals surface area contributed by atoms with Crippen molar-refractivity contribution in [1.82, 2.24) is 0 Å². The van der Waals surface area contributed by atoms with Gasteiger partial charge < -0.3 is 0 Å². The summed E-state index contributed by atoms with van der Waals surface area (Å²) in [6.45, 7) is 4.54. The van der Waals surface area contributed by atoms with Crippen LogP contribution in [-0.4, -0.2) is 8.11 Å². The first-order valence-corrected chi connectivity index (χ1v) is 13.6. The van der Waals surface area contributed by atoms with Crippen LogP contribution in [0.5, 0.6) is 0 Å². The largest absolute Gasteiger partial charge is 0.172 e. The second-order valence-electron chi connectivity index (χ2n) is 6.87. The van der Waals surface area contributed by atoms with Crippen LogP contribution in [-0.2, 0) is 0 Å². The maximum Gasteiger partial charge on any atom is 0.138 e. The molecule has 2 heteroatoms. The molecule has 0 fully saturated rings. The number of halogens is 1. The highest BCUT2D eigenvalue weighted by molar-refractivity contribution is 7.06. The summed E-state index contributed by atoms with van der Waals surface area (Å²) in [6.07, 6.45) is 23.2. The molecular weight excluding hydrogens is 292 g/mol. The summed E-state index contributed by atoms with van der Waals surface area (Å²) in [6, 6.07) is 1.33. The normalized spacial score (nSPS) is 12.7. The predicted molar refractivity (Wildman–Crippen MR) is 103 cm³/mol. The van der Waals surface area contributed by atoms with E-state index < -0.39 is 8.11 Å². The van der Waals surface area contributed by atoms with Gasteiger partial charge in [0.1, 0.15) is 8.11 Å². The summed E-state index contributed by atoms with van der Waals surface area (Å²) in [7, 11) is -0.791. The van der Waals surface area contributed by atoms with E-state index in [1.807, 2.05) is 0 Å². The van der Waals surface area contributed by atoms with Gasteiger partial charge in [-0.2, -0.15) is 11.1 Å². The highest BCUT2D eigenvalue weighted by atomic mass is 35.6. The summed E-state index contributed by atoms with van der Waals surface area (Å²) in [5.41, 5.74) is 0. The van der Waals surface area contributed by atoms with Crippen LogP contribution in [0.2, 0.25) is 12.6 Å². The number of rotatable bonds is 17. The fraction of sp³-hybridized carbons (Fsp3) is 1.00. The molecule has 0 aliphatic rings. The van der Waals surface area contributed by atoms with Gasteiger partial charge in [0.15, 0.2) is 0 Å². The Labute approximate surface area is 141 Å². The Morgan fingerprint density at radius 2 is 0.810 bits per heavy atom. The van der Waals surface area contributed by atoms with Crippen molar-refractivity contribution >= 4 is 19.2 Å². The first kappa shape index (κ1) is 21.5. The Hall–Kier alpha value is 0.507. The maximum absolute atomic E-state index is 6.08. The van der Waals surface area contributed by atoms with Crippen molar-refractivity contribution in [3.05, 3.63) is 0 Å². The van der Waals surface area contributed by atoms with E-state index in [0.717, 1.165) is 0 Å². The van der Waals surface area contributed by atoms with Crippen molar-refractivity contribution in [1.29, 1.82) is 0 Å². The lowest BCUT2D eigenvalue weighted by atomic mass is 10.0. The molecule has 0 saturated heterocycles. The molecule has 1 unspecified atom stereocenters. The standard InChI is InChI=1S/C19H41ClSi/c1-3-4-5-6-7-8-9-10-11-12-13-14-15-16-17-18-19-21(2)20/h21H,3-19H2,1-2H3. The number of hydrogen-bond acceptors (Lipinski definition) is 0. The van der Waals surface area contributed by atoms with Crippen LogP contribution in [0, 0.1) is 0 Å². The lowest BCUT2D eigenvalue weighted by Gasteiger charge is -2.04. The fourth-order valence-corrected chi connectivity index (χ4v) is 4.29. The van der Waals surface area contributed by atoms with Crippen LogP contribution in [0.3, 0.4) is 0 Å². The summed E-state index contributed by atoms with van der Waals surface area (Å²) >= 11 is 6.08. The first-order chi connectivity index (χ1) is 10.3. The fourth-order valence-electron chi connectivity index (χ4n) is 2.97.